The van der Waals surface area contributed by atoms with Crippen molar-refractivity contribution >= 4 is 0 Å². The van der Waals surface area contributed by atoms with Crippen LogP contribution in [0.4, 0.5) is 17.6 Å². The van der Waals surface area contributed by atoms with Crippen LogP contribution in [-0.2, 0) is 6.42 Å². The fraction of sp³-hybridized carbons (Fsp3) is 0.440. The molecule has 0 aromatic heterocycles. The molecule has 1 saturated carbocycles. The van der Waals surface area contributed by atoms with Crippen LogP contribution in [0.2, 0.25) is 0 Å². The van der Waals surface area contributed by atoms with Crippen molar-refractivity contribution in [2.45, 2.75) is 57.0 Å². The lowest BCUT2D eigenvalue weighted by molar-refractivity contribution is -0.0930. The maximum absolute atomic E-state index is 14.6. The molecule has 0 bridgehead atoms. The second kappa shape index (κ2) is 10.3. The number of halogens is 4. The van der Waals surface area contributed by atoms with Crippen molar-refractivity contribution < 1.29 is 27.4 Å². The number of allylic oxidation sites excluding steroid dienone is 1. The van der Waals surface area contributed by atoms with E-state index >= 15 is 0 Å². The summed E-state index contributed by atoms with van der Waals surface area (Å²) in [6.07, 6.45) is 3.31. The molecule has 1 fully saturated rings. The van der Waals surface area contributed by atoms with Crippen LogP contribution < -0.4 is 4.74 Å². The molecule has 2 nitrogen and oxygen atoms in total. The van der Waals surface area contributed by atoms with Crippen molar-refractivity contribution in [2.75, 3.05) is 6.61 Å². The molecule has 0 unspecified atom stereocenters. The average Bonchev–Trinajstić information content (AvgIpc) is 2.73. The van der Waals surface area contributed by atoms with Crippen molar-refractivity contribution in [3.63, 3.8) is 0 Å². The van der Waals surface area contributed by atoms with Crippen LogP contribution in [0.15, 0.2) is 49.1 Å². The molecule has 168 valence electrons. The lowest BCUT2D eigenvalue weighted by Crippen LogP contribution is -2.34. The molecule has 0 radical (unpaired) electrons. The summed E-state index contributed by atoms with van der Waals surface area (Å²) in [5.41, 5.74) is 1.15. The zero-order chi connectivity index (χ0) is 22.4. The molecule has 2 aromatic rings. The van der Waals surface area contributed by atoms with E-state index < -0.39 is 36.0 Å². The Bertz CT molecular complexity index is 889. The van der Waals surface area contributed by atoms with E-state index in [1.54, 1.807) is 18.2 Å². The molecule has 2 aromatic carbocycles. The smallest absolute Gasteiger partial charge is 0.254 e. The van der Waals surface area contributed by atoms with Gasteiger partial charge < -0.3 is 9.84 Å². The first-order valence-electron chi connectivity index (χ1n) is 10.7. The van der Waals surface area contributed by atoms with E-state index in [4.69, 9.17) is 4.74 Å². The van der Waals surface area contributed by atoms with Crippen LogP contribution in [0.1, 0.15) is 44.1 Å². The minimum absolute atomic E-state index is 0.152. The van der Waals surface area contributed by atoms with Crippen molar-refractivity contribution in [1.29, 1.82) is 0 Å². The van der Waals surface area contributed by atoms with Crippen molar-refractivity contribution in [3.8, 4) is 16.9 Å². The first-order valence-corrected chi connectivity index (χ1v) is 10.7. The third-order valence-corrected chi connectivity index (χ3v) is 5.92. The second-order valence-electron chi connectivity index (χ2n) is 8.14. The van der Waals surface area contributed by atoms with Crippen LogP contribution in [0, 0.1) is 17.6 Å². The number of benzene rings is 2. The van der Waals surface area contributed by atoms with Gasteiger partial charge in [-0.2, -0.15) is 0 Å². The monoisotopic (exact) mass is 436 g/mol. The molecule has 31 heavy (non-hydrogen) atoms. The predicted octanol–water partition coefficient (Wildman–Crippen LogP) is 6.71. The Balaban J connectivity index is 1.59. The number of rotatable bonds is 9. The highest BCUT2D eigenvalue weighted by molar-refractivity contribution is 5.65. The standard InChI is InChI=1S/C25H28F4O2/c1-2-3-4-17-5-6-18(15-23(17)26)22-12-11-21(16-24(22)27)31-14-13-25(28,29)19-7-9-20(30)10-8-19/h2,5-6,11-12,15-16,19-20,30H,1,3-4,7-10,13-14H2. The lowest BCUT2D eigenvalue weighted by atomic mass is 9.82. The van der Waals surface area contributed by atoms with E-state index in [0.29, 0.717) is 49.7 Å². The van der Waals surface area contributed by atoms with Gasteiger partial charge in [-0.1, -0.05) is 18.2 Å². The minimum atomic E-state index is -2.89. The normalized spacial score (nSPS) is 19.3. The highest BCUT2D eigenvalue weighted by Crippen LogP contribution is 2.39. The van der Waals surface area contributed by atoms with E-state index in [9.17, 15) is 22.7 Å². The van der Waals surface area contributed by atoms with Gasteiger partial charge in [0.25, 0.3) is 5.92 Å². The van der Waals surface area contributed by atoms with Gasteiger partial charge in [0.15, 0.2) is 0 Å². The number of hydrogen-bond donors (Lipinski definition) is 1. The SMILES string of the molecule is C=CCCc1ccc(-c2ccc(OCCC(F)(F)C3CCC(O)CC3)cc2F)cc1F. The Morgan fingerprint density at radius 3 is 2.42 bits per heavy atom. The van der Waals surface area contributed by atoms with Crippen LogP contribution in [0.5, 0.6) is 5.75 Å². The molecule has 3 rings (SSSR count). The fourth-order valence-electron chi connectivity index (χ4n) is 4.00. The summed E-state index contributed by atoms with van der Waals surface area (Å²) in [6, 6.07) is 8.67. The topological polar surface area (TPSA) is 29.5 Å². The highest BCUT2D eigenvalue weighted by atomic mass is 19.3. The molecule has 0 spiro atoms. The highest BCUT2D eigenvalue weighted by Gasteiger charge is 2.40. The summed E-state index contributed by atoms with van der Waals surface area (Å²) >= 11 is 0. The molecule has 0 atom stereocenters. The molecule has 6 heteroatoms. The molecule has 0 aliphatic heterocycles. The summed E-state index contributed by atoms with van der Waals surface area (Å²) < 4.78 is 62.9. The minimum Gasteiger partial charge on any atom is -0.493 e. The van der Waals surface area contributed by atoms with Crippen LogP contribution in [-0.4, -0.2) is 23.7 Å². The van der Waals surface area contributed by atoms with Gasteiger partial charge in [-0.05, 0) is 67.9 Å². The van der Waals surface area contributed by atoms with Gasteiger partial charge in [0.05, 0.1) is 12.7 Å². The molecule has 0 saturated heterocycles. The largest absolute Gasteiger partial charge is 0.493 e. The quantitative estimate of drug-likeness (QED) is 0.350. The van der Waals surface area contributed by atoms with Gasteiger partial charge >= 0.3 is 0 Å². The van der Waals surface area contributed by atoms with Crippen LogP contribution >= 0.6 is 0 Å². The Labute approximate surface area is 180 Å². The van der Waals surface area contributed by atoms with Crippen LogP contribution in [0.25, 0.3) is 11.1 Å². The Kier molecular flexibility index (Phi) is 7.76. The van der Waals surface area contributed by atoms with E-state index in [1.165, 1.54) is 18.2 Å². The summed E-state index contributed by atoms with van der Waals surface area (Å²) in [5, 5.41) is 9.48. The number of aliphatic hydroxyl groups excluding tert-OH is 1. The second-order valence-corrected chi connectivity index (χ2v) is 8.14. The number of ether oxygens (including phenoxy) is 1. The molecule has 0 heterocycles. The van der Waals surface area contributed by atoms with Crippen LogP contribution in [0.3, 0.4) is 0 Å². The number of aryl methyl sites for hydroxylation is 1. The summed E-state index contributed by atoms with van der Waals surface area (Å²) in [6.45, 7) is 3.38. The van der Waals surface area contributed by atoms with E-state index in [-0.39, 0.29) is 17.9 Å². The van der Waals surface area contributed by atoms with E-state index in [2.05, 4.69) is 6.58 Å². The lowest BCUT2D eigenvalue weighted by Gasteiger charge is -2.31. The predicted molar refractivity (Wildman–Crippen MR) is 113 cm³/mol. The molecular formula is C25H28F4O2. The third kappa shape index (κ3) is 6.10. The first-order chi connectivity index (χ1) is 14.8. The van der Waals surface area contributed by atoms with Crippen molar-refractivity contribution in [2.24, 2.45) is 5.92 Å². The average molecular weight is 436 g/mol. The zero-order valence-electron chi connectivity index (χ0n) is 17.4. The molecule has 0 amide bonds. The summed E-state index contributed by atoms with van der Waals surface area (Å²) in [7, 11) is 0. The van der Waals surface area contributed by atoms with Crippen molar-refractivity contribution in [3.05, 3.63) is 66.3 Å². The number of aliphatic hydroxyl groups is 1. The molecule has 1 N–H and O–H groups in total. The molecule has 1 aliphatic carbocycles. The van der Waals surface area contributed by atoms with E-state index in [0.717, 1.165) is 6.07 Å². The molecule has 1 aliphatic rings. The van der Waals surface area contributed by atoms with Gasteiger partial charge in [0.1, 0.15) is 17.4 Å². The van der Waals surface area contributed by atoms with Gasteiger partial charge in [0.2, 0.25) is 0 Å². The van der Waals surface area contributed by atoms with Crippen molar-refractivity contribution in [1.82, 2.24) is 0 Å². The summed E-state index contributed by atoms with van der Waals surface area (Å²) in [4.78, 5) is 0. The Morgan fingerprint density at radius 2 is 1.77 bits per heavy atom. The molecular weight excluding hydrogens is 408 g/mol. The number of hydrogen-bond acceptors (Lipinski definition) is 2. The van der Waals surface area contributed by atoms with Gasteiger partial charge in [0, 0.05) is 24.0 Å². The summed E-state index contributed by atoms with van der Waals surface area (Å²) in [5.74, 6) is -4.51. The van der Waals surface area contributed by atoms with Gasteiger partial charge in [-0.3, -0.25) is 0 Å². The van der Waals surface area contributed by atoms with Gasteiger partial charge in [-0.15, -0.1) is 6.58 Å². The van der Waals surface area contributed by atoms with Gasteiger partial charge in [-0.25, -0.2) is 17.6 Å². The Hall–Kier alpha value is -2.34. The Morgan fingerprint density at radius 1 is 1.03 bits per heavy atom. The fourth-order valence-corrected chi connectivity index (χ4v) is 4.00. The van der Waals surface area contributed by atoms with E-state index in [1.807, 2.05) is 0 Å². The maximum Gasteiger partial charge on any atom is 0.254 e. The zero-order valence-corrected chi connectivity index (χ0v) is 17.4. The third-order valence-electron chi connectivity index (χ3n) is 5.92. The maximum atomic E-state index is 14.6. The first kappa shape index (κ1) is 23.3. The number of alkyl halides is 2.